The highest BCUT2D eigenvalue weighted by molar-refractivity contribution is 9.10. The maximum absolute atomic E-state index is 3.52. The van der Waals surface area contributed by atoms with Crippen molar-refractivity contribution in [1.29, 1.82) is 0 Å². The number of nitrogens with zero attached hydrogens (tertiary/aromatic N) is 2. The normalized spacial score (nSPS) is 17.3. The number of nitrogens with one attached hydrogen (secondary N) is 1. The van der Waals surface area contributed by atoms with E-state index in [9.17, 15) is 0 Å². The first-order valence-electron chi connectivity index (χ1n) is 6.60. The molecule has 1 heterocycles. The van der Waals surface area contributed by atoms with E-state index in [1.54, 1.807) is 0 Å². The van der Waals surface area contributed by atoms with Gasteiger partial charge in [-0.05, 0) is 24.7 Å². The molecule has 0 spiro atoms. The molecular weight excluding hydrogens is 290 g/mol. The van der Waals surface area contributed by atoms with E-state index >= 15 is 0 Å². The molecule has 0 unspecified atom stereocenters. The fraction of sp³-hybridized carbons (Fsp3) is 0.571. The first-order valence-corrected chi connectivity index (χ1v) is 7.39. The summed E-state index contributed by atoms with van der Waals surface area (Å²) in [5.41, 5.74) is 1.37. The first-order chi connectivity index (χ1) is 8.74. The Kier molecular flexibility index (Phi) is 5.63. The van der Waals surface area contributed by atoms with Gasteiger partial charge in [0, 0.05) is 50.3 Å². The molecule has 0 aliphatic carbocycles. The molecule has 0 atom stereocenters. The summed E-state index contributed by atoms with van der Waals surface area (Å²) >= 11 is 3.52. The Morgan fingerprint density at radius 1 is 1.33 bits per heavy atom. The third-order valence-electron chi connectivity index (χ3n) is 3.35. The van der Waals surface area contributed by atoms with Gasteiger partial charge < -0.3 is 10.2 Å². The van der Waals surface area contributed by atoms with E-state index in [1.807, 2.05) is 0 Å². The molecule has 1 saturated heterocycles. The van der Waals surface area contributed by atoms with Crippen molar-refractivity contribution in [2.24, 2.45) is 0 Å². The van der Waals surface area contributed by atoms with E-state index in [1.165, 1.54) is 25.2 Å². The van der Waals surface area contributed by atoms with E-state index in [0.717, 1.165) is 30.7 Å². The van der Waals surface area contributed by atoms with Gasteiger partial charge >= 0.3 is 0 Å². The number of rotatable bonds is 5. The largest absolute Gasteiger partial charge is 0.314 e. The molecule has 1 aliphatic heterocycles. The van der Waals surface area contributed by atoms with Crippen molar-refractivity contribution in [1.82, 2.24) is 15.1 Å². The molecule has 0 amide bonds. The molecule has 4 heteroatoms. The van der Waals surface area contributed by atoms with Gasteiger partial charge in [-0.1, -0.05) is 28.1 Å². The number of piperazine rings is 1. The third kappa shape index (κ3) is 4.69. The average molecular weight is 312 g/mol. The van der Waals surface area contributed by atoms with Crippen molar-refractivity contribution in [2.75, 3.05) is 46.3 Å². The van der Waals surface area contributed by atoms with Crippen LogP contribution in [-0.2, 0) is 6.54 Å². The van der Waals surface area contributed by atoms with Gasteiger partial charge in [-0.15, -0.1) is 0 Å². The van der Waals surface area contributed by atoms with Crippen molar-refractivity contribution < 1.29 is 0 Å². The summed E-state index contributed by atoms with van der Waals surface area (Å²) in [7, 11) is 2.20. The lowest BCUT2D eigenvalue weighted by Crippen LogP contribution is -2.45. The summed E-state index contributed by atoms with van der Waals surface area (Å²) < 4.78 is 1.16. The van der Waals surface area contributed by atoms with Gasteiger partial charge in [-0.25, -0.2) is 0 Å². The van der Waals surface area contributed by atoms with Gasteiger partial charge in [0.1, 0.15) is 0 Å². The Hall–Kier alpha value is -0.420. The second-order valence-corrected chi connectivity index (χ2v) is 5.88. The topological polar surface area (TPSA) is 18.5 Å². The molecule has 0 aromatic heterocycles. The lowest BCUT2D eigenvalue weighted by atomic mass is 10.2. The van der Waals surface area contributed by atoms with E-state index in [4.69, 9.17) is 0 Å². The van der Waals surface area contributed by atoms with Gasteiger partial charge in [0.15, 0.2) is 0 Å². The summed E-state index contributed by atoms with van der Waals surface area (Å²) in [5, 5.41) is 3.39. The van der Waals surface area contributed by atoms with Crippen LogP contribution in [0, 0.1) is 0 Å². The van der Waals surface area contributed by atoms with Crippen molar-refractivity contribution in [3.8, 4) is 0 Å². The Morgan fingerprint density at radius 2 is 2.11 bits per heavy atom. The molecule has 1 aromatic carbocycles. The van der Waals surface area contributed by atoms with Crippen LogP contribution in [-0.4, -0.2) is 56.1 Å². The fourth-order valence-electron chi connectivity index (χ4n) is 2.27. The summed E-state index contributed by atoms with van der Waals surface area (Å²) in [6.45, 7) is 7.96. The van der Waals surface area contributed by atoms with Gasteiger partial charge in [-0.2, -0.15) is 0 Å². The maximum atomic E-state index is 3.52. The molecule has 1 N–H and O–H groups in total. The van der Waals surface area contributed by atoms with Gasteiger partial charge in [-0.3, -0.25) is 4.90 Å². The quantitative estimate of drug-likeness (QED) is 0.894. The molecule has 18 heavy (non-hydrogen) atoms. The Morgan fingerprint density at radius 3 is 2.83 bits per heavy atom. The Labute approximate surface area is 118 Å². The number of hydrogen-bond donors (Lipinski definition) is 1. The van der Waals surface area contributed by atoms with Crippen LogP contribution >= 0.6 is 15.9 Å². The highest BCUT2D eigenvalue weighted by Crippen LogP contribution is 2.12. The predicted octanol–water partition coefficient (Wildman–Crippen LogP) is 1.79. The lowest BCUT2D eigenvalue weighted by Gasteiger charge is -2.29. The predicted molar refractivity (Wildman–Crippen MR) is 79.8 cm³/mol. The monoisotopic (exact) mass is 311 g/mol. The molecule has 1 aliphatic rings. The lowest BCUT2D eigenvalue weighted by molar-refractivity contribution is 0.202. The zero-order valence-corrected chi connectivity index (χ0v) is 12.6. The Bertz CT molecular complexity index is 364. The van der Waals surface area contributed by atoms with Crippen LogP contribution in [0.5, 0.6) is 0 Å². The summed E-state index contributed by atoms with van der Waals surface area (Å²) in [4.78, 5) is 4.93. The molecule has 0 bridgehead atoms. The molecule has 0 saturated carbocycles. The summed E-state index contributed by atoms with van der Waals surface area (Å²) in [6, 6.07) is 8.56. The minimum absolute atomic E-state index is 1.02. The second-order valence-electron chi connectivity index (χ2n) is 4.96. The second kappa shape index (κ2) is 7.24. The Balaban J connectivity index is 1.72. The van der Waals surface area contributed by atoms with Crippen molar-refractivity contribution in [3.05, 3.63) is 34.3 Å². The van der Waals surface area contributed by atoms with Crippen LogP contribution in [0.3, 0.4) is 0 Å². The van der Waals surface area contributed by atoms with E-state index < -0.39 is 0 Å². The van der Waals surface area contributed by atoms with E-state index in [-0.39, 0.29) is 0 Å². The molecule has 0 radical (unpaired) electrons. The minimum atomic E-state index is 1.02. The van der Waals surface area contributed by atoms with Crippen molar-refractivity contribution in [2.45, 2.75) is 6.54 Å². The van der Waals surface area contributed by atoms with Crippen LogP contribution < -0.4 is 5.32 Å². The zero-order chi connectivity index (χ0) is 12.8. The standard InChI is InChI=1S/C14H22BrN3/c1-17(9-10-18-7-5-16-6-8-18)12-13-3-2-4-14(15)11-13/h2-4,11,16H,5-10,12H2,1H3. The number of benzene rings is 1. The SMILES string of the molecule is CN(CCN1CCNCC1)Cc1cccc(Br)c1. The van der Waals surface area contributed by atoms with Gasteiger partial charge in [0.05, 0.1) is 0 Å². The number of halogens is 1. The zero-order valence-electron chi connectivity index (χ0n) is 11.0. The fourth-order valence-corrected chi connectivity index (χ4v) is 2.72. The number of hydrogen-bond acceptors (Lipinski definition) is 3. The van der Waals surface area contributed by atoms with Crippen LogP contribution in [0.2, 0.25) is 0 Å². The van der Waals surface area contributed by atoms with Gasteiger partial charge in [0.25, 0.3) is 0 Å². The molecule has 1 aromatic rings. The summed E-state index contributed by atoms with van der Waals surface area (Å²) in [5.74, 6) is 0. The van der Waals surface area contributed by atoms with Crippen LogP contribution in [0.25, 0.3) is 0 Å². The van der Waals surface area contributed by atoms with Crippen molar-refractivity contribution in [3.63, 3.8) is 0 Å². The van der Waals surface area contributed by atoms with E-state index in [0.29, 0.717) is 0 Å². The minimum Gasteiger partial charge on any atom is -0.314 e. The highest BCUT2D eigenvalue weighted by atomic mass is 79.9. The molecule has 1 fully saturated rings. The molecular formula is C14H22BrN3. The molecule has 3 nitrogen and oxygen atoms in total. The highest BCUT2D eigenvalue weighted by Gasteiger charge is 2.10. The van der Waals surface area contributed by atoms with Crippen LogP contribution in [0.15, 0.2) is 28.7 Å². The number of likely N-dealkylation sites (N-methyl/N-ethyl adjacent to an activating group) is 1. The first kappa shape index (κ1) is 14.0. The van der Waals surface area contributed by atoms with Crippen molar-refractivity contribution >= 4 is 15.9 Å². The smallest absolute Gasteiger partial charge is 0.0231 e. The van der Waals surface area contributed by atoms with Crippen LogP contribution in [0.4, 0.5) is 0 Å². The average Bonchev–Trinajstić information content (AvgIpc) is 2.38. The maximum Gasteiger partial charge on any atom is 0.0231 e. The molecule has 100 valence electrons. The van der Waals surface area contributed by atoms with Gasteiger partial charge in [0.2, 0.25) is 0 Å². The van der Waals surface area contributed by atoms with E-state index in [2.05, 4.69) is 62.4 Å². The molecule has 2 rings (SSSR count). The third-order valence-corrected chi connectivity index (χ3v) is 3.84. The van der Waals surface area contributed by atoms with Crippen LogP contribution in [0.1, 0.15) is 5.56 Å². The summed E-state index contributed by atoms with van der Waals surface area (Å²) in [6.07, 6.45) is 0.